The zero-order chi connectivity index (χ0) is 19.1. The molecule has 0 radical (unpaired) electrons. The average molecular weight is 393 g/mol. The van der Waals surface area contributed by atoms with Crippen LogP contribution in [0.15, 0.2) is 11.4 Å². The maximum absolute atomic E-state index is 11.7. The van der Waals surface area contributed by atoms with Crippen LogP contribution in [0.1, 0.15) is 33.1 Å². The number of carbonyl (C=O) groups is 1. The van der Waals surface area contributed by atoms with Gasteiger partial charge in [-0.2, -0.15) is 5.10 Å². The lowest BCUT2D eigenvalue weighted by atomic mass is 10.1. The van der Waals surface area contributed by atoms with Crippen LogP contribution in [0.4, 0.5) is 5.82 Å². The SMILES string of the molecule is CCOCC(=O)NCCn1ncc2c(N3CCCCC3)nc(SCC)nc21. The van der Waals surface area contributed by atoms with Crippen LogP contribution in [0.5, 0.6) is 0 Å². The Morgan fingerprint density at radius 2 is 2.07 bits per heavy atom. The van der Waals surface area contributed by atoms with Gasteiger partial charge < -0.3 is 15.0 Å². The number of amides is 1. The quantitative estimate of drug-likeness (QED) is 0.516. The smallest absolute Gasteiger partial charge is 0.246 e. The second-order valence-corrected chi connectivity index (χ2v) is 7.63. The third-order valence-corrected chi connectivity index (χ3v) is 5.20. The van der Waals surface area contributed by atoms with Gasteiger partial charge in [0, 0.05) is 26.2 Å². The van der Waals surface area contributed by atoms with E-state index < -0.39 is 0 Å². The Kier molecular flexibility index (Phi) is 7.28. The predicted molar refractivity (Wildman–Crippen MR) is 107 cm³/mol. The molecule has 0 saturated carbocycles. The summed E-state index contributed by atoms with van der Waals surface area (Å²) in [4.78, 5) is 23.6. The molecule has 1 amide bonds. The number of thioether (sulfide) groups is 1. The highest BCUT2D eigenvalue weighted by atomic mass is 32.2. The number of carbonyl (C=O) groups excluding carboxylic acids is 1. The number of aromatic nitrogens is 4. The summed E-state index contributed by atoms with van der Waals surface area (Å²) in [5, 5.41) is 9.13. The van der Waals surface area contributed by atoms with Gasteiger partial charge in [-0.3, -0.25) is 4.79 Å². The second kappa shape index (κ2) is 9.89. The molecule has 3 rings (SSSR count). The molecule has 0 atom stereocenters. The van der Waals surface area contributed by atoms with Gasteiger partial charge in [-0.05, 0) is 31.9 Å². The van der Waals surface area contributed by atoms with Crippen molar-refractivity contribution in [1.29, 1.82) is 0 Å². The molecule has 2 aromatic rings. The minimum Gasteiger partial charge on any atom is -0.372 e. The summed E-state index contributed by atoms with van der Waals surface area (Å²) in [6.07, 6.45) is 5.52. The molecule has 0 aliphatic carbocycles. The predicted octanol–water partition coefficient (Wildman–Crippen LogP) is 2.08. The van der Waals surface area contributed by atoms with Crippen LogP contribution in [0, 0.1) is 0 Å². The fourth-order valence-corrected chi connectivity index (χ4v) is 3.73. The summed E-state index contributed by atoms with van der Waals surface area (Å²) in [6.45, 7) is 7.71. The molecule has 3 heterocycles. The maximum atomic E-state index is 11.7. The van der Waals surface area contributed by atoms with Gasteiger partial charge in [0.25, 0.3) is 0 Å². The van der Waals surface area contributed by atoms with Crippen molar-refractivity contribution in [2.45, 2.75) is 44.8 Å². The molecule has 8 nitrogen and oxygen atoms in total. The molecule has 148 valence electrons. The first-order valence-corrected chi connectivity index (χ1v) is 10.7. The Morgan fingerprint density at radius 3 is 2.81 bits per heavy atom. The van der Waals surface area contributed by atoms with Gasteiger partial charge in [-0.25, -0.2) is 14.6 Å². The lowest BCUT2D eigenvalue weighted by Gasteiger charge is -2.28. The van der Waals surface area contributed by atoms with Crippen molar-refractivity contribution in [3.8, 4) is 0 Å². The highest BCUT2D eigenvalue weighted by molar-refractivity contribution is 7.99. The van der Waals surface area contributed by atoms with Gasteiger partial charge in [-0.15, -0.1) is 0 Å². The normalized spacial score (nSPS) is 14.7. The molecule has 0 unspecified atom stereocenters. The number of fused-ring (bicyclic) bond motifs is 1. The molecule has 0 bridgehead atoms. The van der Waals surface area contributed by atoms with E-state index in [0.29, 0.717) is 19.7 Å². The first kappa shape index (κ1) is 19.9. The highest BCUT2D eigenvalue weighted by Crippen LogP contribution is 2.29. The first-order chi connectivity index (χ1) is 13.2. The molecule has 1 aliphatic heterocycles. The fraction of sp³-hybridized carbons (Fsp3) is 0.667. The Balaban J connectivity index is 1.78. The standard InChI is InChI=1S/C18H28N6O2S/c1-3-26-13-15(25)19-8-11-24-17-14(12-20-24)16(21-18(22-17)27-4-2)23-9-6-5-7-10-23/h12H,3-11,13H2,1-2H3,(H,19,25). The molecule has 1 N–H and O–H groups in total. The minimum atomic E-state index is -0.112. The van der Waals surface area contributed by atoms with Crippen molar-refractivity contribution in [2.24, 2.45) is 0 Å². The molecular weight excluding hydrogens is 364 g/mol. The van der Waals surface area contributed by atoms with Crippen LogP contribution >= 0.6 is 11.8 Å². The van der Waals surface area contributed by atoms with Gasteiger partial charge in [0.2, 0.25) is 5.91 Å². The first-order valence-electron chi connectivity index (χ1n) is 9.68. The summed E-state index contributed by atoms with van der Waals surface area (Å²) in [6, 6.07) is 0. The van der Waals surface area contributed by atoms with Crippen molar-refractivity contribution in [3.05, 3.63) is 6.20 Å². The van der Waals surface area contributed by atoms with Gasteiger partial charge >= 0.3 is 0 Å². The number of rotatable bonds is 9. The summed E-state index contributed by atoms with van der Waals surface area (Å²) < 4.78 is 6.97. The van der Waals surface area contributed by atoms with E-state index in [1.807, 2.05) is 17.8 Å². The number of anilines is 1. The van der Waals surface area contributed by atoms with Gasteiger partial charge in [0.1, 0.15) is 12.4 Å². The topological polar surface area (TPSA) is 85.2 Å². The lowest BCUT2D eigenvalue weighted by Crippen LogP contribution is -2.31. The minimum absolute atomic E-state index is 0.0922. The molecule has 0 spiro atoms. The van der Waals surface area contributed by atoms with Crippen LogP contribution in [0.3, 0.4) is 0 Å². The zero-order valence-corrected chi connectivity index (χ0v) is 16.9. The van der Waals surface area contributed by atoms with E-state index >= 15 is 0 Å². The largest absolute Gasteiger partial charge is 0.372 e. The van der Waals surface area contributed by atoms with E-state index in [9.17, 15) is 4.79 Å². The number of ether oxygens (including phenoxy) is 1. The van der Waals surface area contributed by atoms with Crippen molar-refractivity contribution in [3.63, 3.8) is 0 Å². The fourth-order valence-electron chi connectivity index (χ4n) is 3.17. The Hall–Kier alpha value is -1.87. The molecule has 0 aromatic carbocycles. The van der Waals surface area contributed by atoms with Gasteiger partial charge in [0.15, 0.2) is 10.8 Å². The molecule has 1 fully saturated rings. The molecule has 1 aliphatic rings. The monoisotopic (exact) mass is 392 g/mol. The van der Waals surface area contributed by atoms with Crippen molar-refractivity contribution >= 4 is 34.5 Å². The van der Waals surface area contributed by atoms with E-state index in [1.165, 1.54) is 19.3 Å². The van der Waals surface area contributed by atoms with E-state index in [1.54, 1.807) is 11.8 Å². The number of piperidine rings is 1. The number of hydrogen-bond acceptors (Lipinski definition) is 7. The molecule has 27 heavy (non-hydrogen) atoms. The van der Waals surface area contributed by atoms with E-state index in [0.717, 1.165) is 40.9 Å². The van der Waals surface area contributed by atoms with Crippen molar-refractivity contribution < 1.29 is 9.53 Å². The maximum Gasteiger partial charge on any atom is 0.246 e. The number of nitrogens with one attached hydrogen (secondary N) is 1. The Labute approximate surface area is 164 Å². The zero-order valence-electron chi connectivity index (χ0n) is 16.1. The van der Waals surface area contributed by atoms with Crippen LogP contribution in [0.2, 0.25) is 0 Å². The summed E-state index contributed by atoms with van der Waals surface area (Å²) in [7, 11) is 0. The van der Waals surface area contributed by atoms with E-state index in [4.69, 9.17) is 14.7 Å². The number of hydrogen-bond donors (Lipinski definition) is 1. The molecular formula is C18H28N6O2S. The van der Waals surface area contributed by atoms with Crippen LogP contribution in [0.25, 0.3) is 11.0 Å². The van der Waals surface area contributed by atoms with E-state index in [2.05, 4.69) is 22.2 Å². The van der Waals surface area contributed by atoms with Crippen molar-refractivity contribution in [1.82, 2.24) is 25.1 Å². The second-order valence-electron chi connectivity index (χ2n) is 6.40. The highest BCUT2D eigenvalue weighted by Gasteiger charge is 2.19. The Morgan fingerprint density at radius 1 is 1.26 bits per heavy atom. The summed E-state index contributed by atoms with van der Waals surface area (Å²) in [5.41, 5.74) is 0.834. The molecule has 9 heteroatoms. The van der Waals surface area contributed by atoms with Gasteiger partial charge in [-0.1, -0.05) is 18.7 Å². The third-order valence-electron chi connectivity index (χ3n) is 4.47. The van der Waals surface area contributed by atoms with Crippen LogP contribution in [-0.2, 0) is 16.1 Å². The molecule has 2 aromatic heterocycles. The summed E-state index contributed by atoms with van der Waals surface area (Å²) >= 11 is 1.64. The third kappa shape index (κ3) is 5.10. The van der Waals surface area contributed by atoms with E-state index in [-0.39, 0.29) is 12.5 Å². The number of nitrogens with zero attached hydrogens (tertiary/aromatic N) is 5. The summed E-state index contributed by atoms with van der Waals surface area (Å²) in [5.74, 6) is 1.80. The van der Waals surface area contributed by atoms with Crippen molar-refractivity contribution in [2.75, 3.05) is 43.5 Å². The average Bonchev–Trinajstić information content (AvgIpc) is 3.10. The molecule has 1 saturated heterocycles. The Bertz CT molecular complexity index is 760. The van der Waals surface area contributed by atoms with Crippen LogP contribution in [-0.4, -0.2) is 64.3 Å². The van der Waals surface area contributed by atoms with Crippen LogP contribution < -0.4 is 10.2 Å². The lowest BCUT2D eigenvalue weighted by molar-refractivity contribution is -0.125. The van der Waals surface area contributed by atoms with Gasteiger partial charge in [0.05, 0.1) is 18.1 Å².